The molecule has 3 N–H and O–H groups in total. The number of pyridine rings is 1. The first-order chi connectivity index (χ1) is 7.52. The molecule has 5 heteroatoms. The van der Waals surface area contributed by atoms with Crippen LogP contribution in [0.3, 0.4) is 0 Å². The lowest BCUT2D eigenvalue weighted by molar-refractivity contribution is 0.185. The Balaban J connectivity index is 2.25. The molecule has 1 saturated heterocycles. The van der Waals surface area contributed by atoms with Gasteiger partial charge in [-0.1, -0.05) is 0 Å². The topological polar surface area (TPSA) is 60.2 Å². The Morgan fingerprint density at radius 3 is 3.00 bits per heavy atom. The van der Waals surface area contributed by atoms with Crippen LogP contribution >= 0.6 is 15.9 Å². The number of rotatable bonds is 2. The van der Waals surface area contributed by atoms with E-state index >= 15 is 0 Å². The van der Waals surface area contributed by atoms with Crippen LogP contribution in [-0.2, 0) is 4.74 Å². The van der Waals surface area contributed by atoms with E-state index in [4.69, 9.17) is 10.5 Å². The van der Waals surface area contributed by atoms with Crippen LogP contribution in [0.2, 0.25) is 0 Å². The first-order valence-electron chi connectivity index (χ1n) is 5.28. The third-order valence-electron chi connectivity index (χ3n) is 2.94. The van der Waals surface area contributed by atoms with Gasteiger partial charge in [-0.3, -0.25) is 0 Å². The predicted octanol–water partition coefficient (Wildman–Crippen LogP) is 2.33. The van der Waals surface area contributed by atoms with E-state index in [2.05, 4.69) is 33.2 Å². The third-order valence-corrected chi connectivity index (χ3v) is 3.91. The second-order valence-electron chi connectivity index (χ2n) is 4.49. The Kier molecular flexibility index (Phi) is 3.08. The summed E-state index contributed by atoms with van der Waals surface area (Å²) in [5.74, 6) is 0.833. The minimum atomic E-state index is -0.0297. The Labute approximate surface area is 104 Å². The van der Waals surface area contributed by atoms with Crippen molar-refractivity contribution < 1.29 is 4.74 Å². The fraction of sp³-hybridized carbons (Fsp3) is 0.545. The van der Waals surface area contributed by atoms with Crippen LogP contribution in [0.5, 0.6) is 0 Å². The number of nitrogens with one attached hydrogen (secondary N) is 1. The van der Waals surface area contributed by atoms with Crippen molar-refractivity contribution in [1.29, 1.82) is 0 Å². The summed E-state index contributed by atoms with van der Waals surface area (Å²) >= 11 is 3.52. The summed E-state index contributed by atoms with van der Waals surface area (Å²) < 4.78 is 6.33. The van der Waals surface area contributed by atoms with Gasteiger partial charge in [0.25, 0.3) is 0 Å². The van der Waals surface area contributed by atoms with E-state index in [0.29, 0.717) is 12.3 Å². The fourth-order valence-electron chi connectivity index (χ4n) is 1.73. The Morgan fingerprint density at radius 2 is 2.38 bits per heavy atom. The first kappa shape index (κ1) is 11.7. The molecule has 1 aromatic rings. The van der Waals surface area contributed by atoms with E-state index in [1.165, 1.54) is 0 Å². The summed E-state index contributed by atoms with van der Waals surface area (Å²) in [6, 6.07) is 0. The normalized spacial score (nSPS) is 24.7. The number of nitrogens with two attached hydrogens (primary N) is 1. The van der Waals surface area contributed by atoms with Crippen molar-refractivity contribution in [3.63, 3.8) is 0 Å². The van der Waals surface area contributed by atoms with E-state index in [1.54, 1.807) is 6.20 Å². The maximum absolute atomic E-state index is 5.79. The molecule has 0 spiro atoms. The highest BCUT2D eigenvalue weighted by atomic mass is 79.9. The average Bonchev–Trinajstić information content (AvgIpc) is 2.67. The second kappa shape index (κ2) is 4.22. The summed E-state index contributed by atoms with van der Waals surface area (Å²) in [5, 5.41) is 3.42. The fourth-order valence-corrected chi connectivity index (χ4v) is 2.16. The number of aromatic nitrogens is 1. The number of anilines is 2. The summed E-state index contributed by atoms with van der Waals surface area (Å²) in [5.41, 5.74) is 7.47. The Morgan fingerprint density at radius 1 is 1.62 bits per heavy atom. The van der Waals surface area contributed by atoms with Gasteiger partial charge in [0.2, 0.25) is 0 Å². The lowest BCUT2D eigenvalue weighted by Gasteiger charge is -2.25. The van der Waals surface area contributed by atoms with Gasteiger partial charge in [-0.25, -0.2) is 4.98 Å². The van der Waals surface area contributed by atoms with E-state index in [9.17, 15) is 0 Å². The monoisotopic (exact) mass is 285 g/mol. The molecule has 2 rings (SSSR count). The average molecular weight is 286 g/mol. The van der Waals surface area contributed by atoms with E-state index in [-0.39, 0.29) is 5.54 Å². The number of hydrogen-bond donors (Lipinski definition) is 2. The van der Waals surface area contributed by atoms with Gasteiger partial charge in [-0.05, 0) is 41.8 Å². The van der Waals surface area contributed by atoms with Crippen molar-refractivity contribution in [2.45, 2.75) is 25.8 Å². The van der Waals surface area contributed by atoms with Gasteiger partial charge in [-0.15, -0.1) is 0 Å². The van der Waals surface area contributed by atoms with E-state index < -0.39 is 0 Å². The van der Waals surface area contributed by atoms with Gasteiger partial charge in [0.05, 0.1) is 28.5 Å². The summed E-state index contributed by atoms with van der Waals surface area (Å²) in [6.07, 6.45) is 2.67. The Bertz CT molecular complexity index is 402. The highest BCUT2D eigenvalue weighted by Crippen LogP contribution is 2.31. The molecule has 0 saturated carbocycles. The smallest absolute Gasteiger partial charge is 0.141 e. The van der Waals surface area contributed by atoms with Gasteiger partial charge in [-0.2, -0.15) is 0 Å². The van der Waals surface area contributed by atoms with Crippen molar-refractivity contribution in [1.82, 2.24) is 4.98 Å². The molecular weight excluding hydrogens is 270 g/mol. The standard InChI is InChI=1S/C11H16BrN3O/c1-7-8(13)5-14-10(9(7)12)15-11(2)3-4-16-6-11/h5H,3-4,6,13H2,1-2H3,(H,14,15). The number of nitrogen functional groups attached to an aromatic ring is 1. The third kappa shape index (κ3) is 2.15. The van der Waals surface area contributed by atoms with Gasteiger partial charge < -0.3 is 15.8 Å². The van der Waals surface area contributed by atoms with Crippen molar-refractivity contribution >= 4 is 27.4 Å². The van der Waals surface area contributed by atoms with Crippen LogP contribution < -0.4 is 11.1 Å². The first-order valence-corrected chi connectivity index (χ1v) is 6.08. The quantitative estimate of drug-likeness (QED) is 0.876. The molecule has 0 radical (unpaired) electrons. The Hall–Kier alpha value is -0.810. The number of halogens is 1. The predicted molar refractivity (Wildman–Crippen MR) is 68.6 cm³/mol. The minimum Gasteiger partial charge on any atom is -0.397 e. The zero-order valence-electron chi connectivity index (χ0n) is 9.51. The summed E-state index contributed by atoms with van der Waals surface area (Å²) in [6.45, 7) is 5.62. The molecule has 1 aliphatic rings. The molecule has 88 valence electrons. The minimum absolute atomic E-state index is 0.0297. The zero-order valence-corrected chi connectivity index (χ0v) is 11.1. The zero-order chi connectivity index (χ0) is 11.8. The molecule has 0 aliphatic carbocycles. The molecule has 1 aliphatic heterocycles. The maximum atomic E-state index is 5.79. The molecule has 1 aromatic heterocycles. The van der Waals surface area contributed by atoms with Crippen LogP contribution in [0.4, 0.5) is 11.5 Å². The number of nitrogens with zero attached hydrogens (tertiary/aromatic N) is 1. The summed E-state index contributed by atoms with van der Waals surface area (Å²) in [4.78, 5) is 4.31. The van der Waals surface area contributed by atoms with Gasteiger partial charge >= 0.3 is 0 Å². The molecule has 4 nitrogen and oxygen atoms in total. The lowest BCUT2D eigenvalue weighted by atomic mass is 10.0. The van der Waals surface area contributed by atoms with Crippen molar-refractivity contribution in [2.24, 2.45) is 0 Å². The van der Waals surface area contributed by atoms with Crippen LogP contribution in [-0.4, -0.2) is 23.7 Å². The van der Waals surface area contributed by atoms with E-state index in [1.807, 2.05) is 6.92 Å². The van der Waals surface area contributed by atoms with Crippen molar-refractivity contribution in [3.05, 3.63) is 16.2 Å². The molecule has 1 fully saturated rings. The van der Waals surface area contributed by atoms with Crippen molar-refractivity contribution in [3.8, 4) is 0 Å². The highest BCUT2D eigenvalue weighted by molar-refractivity contribution is 9.10. The second-order valence-corrected chi connectivity index (χ2v) is 5.28. The molecule has 16 heavy (non-hydrogen) atoms. The summed E-state index contributed by atoms with van der Waals surface area (Å²) in [7, 11) is 0. The van der Waals surface area contributed by atoms with E-state index in [0.717, 1.165) is 28.9 Å². The van der Waals surface area contributed by atoms with Gasteiger partial charge in [0.1, 0.15) is 5.82 Å². The number of ether oxygens (including phenoxy) is 1. The SMILES string of the molecule is Cc1c(N)cnc(NC2(C)CCOC2)c1Br. The molecular formula is C11H16BrN3O. The number of hydrogen-bond acceptors (Lipinski definition) is 4. The highest BCUT2D eigenvalue weighted by Gasteiger charge is 2.30. The molecule has 2 heterocycles. The van der Waals surface area contributed by atoms with Gasteiger partial charge in [0, 0.05) is 6.61 Å². The molecule has 1 unspecified atom stereocenters. The largest absolute Gasteiger partial charge is 0.397 e. The maximum Gasteiger partial charge on any atom is 0.141 e. The lowest BCUT2D eigenvalue weighted by Crippen LogP contribution is -2.35. The molecule has 0 bridgehead atoms. The van der Waals surface area contributed by atoms with Crippen LogP contribution in [0.15, 0.2) is 10.7 Å². The van der Waals surface area contributed by atoms with Crippen LogP contribution in [0, 0.1) is 6.92 Å². The molecule has 0 amide bonds. The van der Waals surface area contributed by atoms with Gasteiger partial charge in [0.15, 0.2) is 0 Å². The van der Waals surface area contributed by atoms with Crippen LogP contribution in [0.1, 0.15) is 18.9 Å². The van der Waals surface area contributed by atoms with Crippen LogP contribution in [0.25, 0.3) is 0 Å². The molecule has 1 atom stereocenters. The molecule has 0 aromatic carbocycles. The van der Waals surface area contributed by atoms with Crippen molar-refractivity contribution in [2.75, 3.05) is 24.3 Å².